The van der Waals surface area contributed by atoms with E-state index in [0.717, 1.165) is 0 Å². The summed E-state index contributed by atoms with van der Waals surface area (Å²) in [5.74, 6) is 1.79. The zero-order chi connectivity index (χ0) is 17.9. The van der Waals surface area contributed by atoms with Crippen LogP contribution >= 0.6 is 0 Å². The molecule has 3 aromatic rings. The lowest BCUT2D eigenvalue weighted by Gasteiger charge is -2.23. The van der Waals surface area contributed by atoms with Gasteiger partial charge in [0.15, 0.2) is 11.5 Å². The molecular formula is C18H15N3O5. The Labute approximate surface area is 148 Å². The molecule has 1 amide bonds. The van der Waals surface area contributed by atoms with Crippen LogP contribution in [0.1, 0.15) is 22.4 Å². The highest BCUT2D eigenvalue weighted by molar-refractivity contribution is 6.03. The largest absolute Gasteiger partial charge is 0.497 e. The summed E-state index contributed by atoms with van der Waals surface area (Å²) in [6, 6.07) is 14.0. The van der Waals surface area contributed by atoms with E-state index < -0.39 is 6.10 Å². The Morgan fingerprint density at radius 1 is 1.12 bits per heavy atom. The van der Waals surface area contributed by atoms with E-state index in [2.05, 4.69) is 15.5 Å². The molecule has 132 valence electrons. The molecule has 1 aliphatic heterocycles. The van der Waals surface area contributed by atoms with Gasteiger partial charge in [-0.15, -0.1) is 5.10 Å². The monoisotopic (exact) mass is 353 g/mol. The number of amides is 1. The summed E-state index contributed by atoms with van der Waals surface area (Å²) in [6.45, 7) is 0.241. The van der Waals surface area contributed by atoms with Crippen molar-refractivity contribution in [3.63, 3.8) is 0 Å². The van der Waals surface area contributed by atoms with Gasteiger partial charge in [0.05, 0.1) is 7.11 Å². The molecule has 0 aliphatic carbocycles. The SMILES string of the molecule is COc1ccc(C(=O)Nc2nnc(C3COc4ccccc4O3)o2)cc1. The molecule has 2 heterocycles. The average Bonchev–Trinajstić information content (AvgIpc) is 3.16. The molecular weight excluding hydrogens is 338 g/mol. The van der Waals surface area contributed by atoms with Gasteiger partial charge in [-0.3, -0.25) is 10.1 Å². The first-order chi connectivity index (χ1) is 12.7. The molecule has 0 radical (unpaired) electrons. The molecule has 8 heteroatoms. The Morgan fingerprint density at radius 3 is 2.65 bits per heavy atom. The highest BCUT2D eigenvalue weighted by atomic mass is 16.6. The van der Waals surface area contributed by atoms with Crippen LogP contribution in [0.2, 0.25) is 0 Å². The van der Waals surface area contributed by atoms with Crippen molar-refractivity contribution in [3.05, 3.63) is 60.0 Å². The number of nitrogens with one attached hydrogen (secondary N) is 1. The molecule has 0 saturated heterocycles. The predicted molar refractivity (Wildman–Crippen MR) is 90.6 cm³/mol. The lowest BCUT2D eigenvalue weighted by atomic mass is 10.2. The summed E-state index contributed by atoms with van der Waals surface area (Å²) in [5.41, 5.74) is 0.441. The number of carbonyl (C=O) groups is 1. The molecule has 26 heavy (non-hydrogen) atoms. The van der Waals surface area contributed by atoms with Crippen LogP contribution in [-0.4, -0.2) is 29.8 Å². The van der Waals surface area contributed by atoms with Crippen LogP contribution in [0.15, 0.2) is 52.9 Å². The Kier molecular flexibility index (Phi) is 4.14. The molecule has 0 saturated carbocycles. The number of hydrogen-bond acceptors (Lipinski definition) is 7. The first kappa shape index (κ1) is 15.9. The molecule has 1 aliphatic rings. The molecule has 2 aromatic carbocycles. The van der Waals surface area contributed by atoms with Gasteiger partial charge in [0.2, 0.25) is 6.10 Å². The van der Waals surface area contributed by atoms with Crippen molar-refractivity contribution in [3.8, 4) is 17.2 Å². The van der Waals surface area contributed by atoms with E-state index in [1.54, 1.807) is 37.4 Å². The topological polar surface area (TPSA) is 95.7 Å². The zero-order valence-corrected chi connectivity index (χ0v) is 13.8. The predicted octanol–water partition coefficient (Wildman–Crippen LogP) is 2.84. The summed E-state index contributed by atoms with van der Waals surface area (Å²) < 4.78 is 22.0. The Hall–Kier alpha value is -3.55. The number of anilines is 1. The van der Waals surface area contributed by atoms with Crippen molar-refractivity contribution >= 4 is 11.9 Å². The summed E-state index contributed by atoms with van der Waals surface area (Å²) in [7, 11) is 1.56. The second-order valence-electron chi connectivity index (χ2n) is 5.49. The number of hydrogen-bond donors (Lipinski definition) is 1. The van der Waals surface area contributed by atoms with Crippen LogP contribution in [-0.2, 0) is 0 Å². The van der Waals surface area contributed by atoms with Crippen LogP contribution in [0.4, 0.5) is 6.01 Å². The van der Waals surface area contributed by atoms with Crippen molar-refractivity contribution in [1.29, 1.82) is 0 Å². The number of methoxy groups -OCH3 is 1. The van der Waals surface area contributed by atoms with E-state index in [1.807, 2.05) is 18.2 Å². The molecule has 1 aromatic heterocycles. The second-order valence-corrected chi connectivity index (χ2v) is 5.49. The first-order valence-corrected chi connectivity index (χ1v) is 7.90. The fraction of sp³-hybridized carbons (Fsp3) is 0.167. The summed E-state index contributed by atoms with van der Waals surface area (Å²) in [4.78, 5) is 12.2. The lowest BCUT2D eigenvalue weighted by molar-refractivity contribution is 0.0716. The second kappa shape index (κ2) is 6.75. The highest BCUT2D eigenvalue weighted by Gasteiger charge is 2.27. The van der Waals surface area contributed by atoms with Crippen LogP contribution in [0.25, 0.3) is 0 Å². The van der Waals surface area contributed by atoms with Crippen LogP contribution < -0.4 is 19.5 Å². The smallest absolute Gasteiger partial charge is 0.322 e. The zero-order valence-electron chi connectivity index (χ0n) is 13.8. The maximum absolute atomic E-state index is 12.2. The minimum atomic E-state index is -0.538. The van der Waals surface area contributed by atoms with Crippen molar-refractivity contribution in [2.45, 2.75) is 6.10 Å². The van der Waals surface area contributed by atoms with Gasteiger partial charge in [0.1, 0.15) is 12.4 Å². The van der Waals surface area contributed by atoms with E-state index in [4.69, 9.17) is 18.6 Å². The Balaban J connectivity index is 1.44. The number of aromatic nitrogens is 2. The van der Waals surface area contributed by atoms with Gasteiger partial charge in [0, 0.05) is 5.56 Å². The van der Waals surface area contributed by atoms with E-state index in [1.165, 1.54) is 0 Å². The van der Waals surface area contributed by atoms with E-state index >= 15 is 0 Å². The summed E-state index contributed by atoms with van der Waals surface area (Å²) in [5, 5.41) is 10.3. The van der Waals surface area contributed by atoms with Gasteiger partial charge in [0.25, 0.3) is 11.8 Å². The minimum absolute atomic E-state index is 0.0109. The lowest BCUT2D eigenvalue weighted by Crippen LogP contribution is -2.21. The number of nitrogens with zero attached hydrogens (tertiary/aromatic N) is 2. The van der Waals surface area contributed by atoms with Crippen LogP contribution in [0, 0.1) is 0 Å². The minimum Gasteiger partial charge on any atom is -0.497 e. The van der Waals surface area contributed by atoms with Crippen molar-refractivity contribution < 1.29 is 23.4 Å². The molecule has 1 N–H and O–H groups in total. The third-order valence-corrected chi connectivity index (χ3v) is 3.80. The summed E-state index contributed by atoms with van der Waals surface area (Å²) in [6.07, 6.45) is -0.538. The van der Waals surface area contributed by atoms with E-state index in [-0.39, 0.29) is 24.4 Å². The maximum atomic E-state index is 12.2. The molecule has 0 bridgehead atoms. The third-order valence-electron chi connectivity index (χ3n) is 3.80. The fourth-order valence-corrected chi connectivity index (χ4v) is 2.47. The van der Waals surface area contributed by atoms with Gasteiger partial charge in [-0.05, 0) is 36.4 Å². The molecule has 1 atom stereocenters. The fourth-order valence-electron chi connectivity index (χ4n) is 2.47. The Bertz CT molecular complexity index is 923. The number of benzene rings is 2. The standard InChI is InChI=1S/C18H15N3O5/c1-23-12-8-6-11(7-9-12)16(22)19-18-21-20-17(26-18)15-10-24-13-4-2-3-5-14(13)25-15/h2-9,15H,10H2,1H3,(H,19,21,22). The van der Waals surface area contributed by atoms with Gasteiger partial charge < -0.3 is 18.6 Å². The third kappa shape index (κ3) is 3.16. The quantitative estimate of drug-likeness (QED) is 0.770. The number of ether oxygens (including phenoxy) is 3. The van der Waals surface area contributed by atoms with Gasteiger partial charge in [-0.25, -0.2) is 0 Å². The van der Waals surface area contributed by atoms with Crippen molar-refractivity contribution in [1.82, 2.24) is 10.2 Å². The number of para-hydroxylation sites is 2. The summed E-state index contributed by atoms with van der Waals surface area (Å²) >= 11 is 0. The van der Waals surface area contributed by atoms with E-state index in [0.29, 0.717) is 22.8 Å². The number of fused-ring (bicyclic) bond motifs is 1. The number of rotatable bonds is 4. The molecule has 0 spiro atoms. The maximum Gasteiger partial charge on any atom is 0.322 e. The molecule has 1 unspecified atom stereocenters. The highest BCUT2D eigenvalue weighted by Crippen LogP contribution is 2.35. The van der Waals surface area contributed by atoms with Crippen LogP contribution in [0.5, 0.6) is 17.2 Å². The first-order valence-electron chi connectivity index (χ1n) is 7.90. The van der Waals surface area contributed by atoms with Crippen LogP contribution in [0.3, 0.4) is 0 Å². The Morgan fingerprint density at radius 2 is 1.88 bits per heavy atom. The molecule has 0 fully saturated rings. The van der Waals surface area contributed by atoms with Gasteiger partial charge in [-0.1, -0.05) is 17.2 Å². The average molecular weight is 353 g/mol. The van der Waals surface area contributed by atoms with E-state index in [9.17, 15) is 4.79 Å². The van der Waals surface area contributed by atoms with Crippen molar-refractivity contribution in [2.75, 3.05) is 19.0 Å². The molecule has 8 nitrogen and oxygen atoms in total. The van der Waals surface area contributed by atoms with Crippen molar-refractivity contribution in [2.24, 2.45) is 0 Å². The molecule has 4 rings (SSSR count). The van der Waals surface area contributed by atoms with Gasteiger partial charge >= 0.3 is 6.01 Å². The normalized spacial score (nSPS) is 15.3. The van der Waals surface area contributed by atoms with Gasteiger partial charge in [-0.2, -0.15) is 0 Å². The number of carbonyl (C=O) groups excluding carboxylic acids is 1.